The summed E-state index contributed by atoms with van der Waals surface area (Å²) in [5, 5.41) is 0. The maximum absolute atomic E-state index is 10.8. The van der Waals surface area contributed by atoms with E-state index in [9.17, 15) is 4.79 Å². The van der Waals surface area contributed by atoms with Gasteiger partial charge in [0, 0.05) is 11.1 Å². The van der Waals surface area contributed by atoms with Crippen LogP contribution in [0.3, 0.4) is 0 Å². The molecule has 102 valence electrons. The van der Waals surface area contributed by atoms with Crippen LogP contribution in [0.25, 0.3) is 11.5 Å². The Bertz CT molecular complexity index is 665. The van der Waals surface area contributed by atoms with E-state index in [0.29, 0.717) is 0 Å². The fourth-order valence-corrected chi connectivity index (χ4v) is 2.19. The van der Waals surface area contributed by atoms with Gasteiger partial charge in [0.15, 0.2) is 0 Å². The number of benzene rings is 2. The molecule has 21 heavy (non-hydrogen) atoms. The van der Waals surface area contributed by atoms with E-state index in [2.05, 4.69) is 0 Å². The average Bonchev–Trinajstić information content (AvgIpc) is 2.56. The predicted octanol–water partition coefficient (Wildman–Crippen LogP) is 4.22. The second-order valence-electron chi connectivity index (χ2n) is 4.65. The molecule has 0 radical (unpaired) electrons. The summed E-state index contributed by atoms with van der Waals surface area (Å²) in [6.45, 7) is 0. The normalized spacial score (nSPS) is 13.8. The van der Waals surface area contributed by atoms with Gasteiger partial charge in [-0.05, 0) is 23.8 Å². The Morgan fingerprint density at radius 3 is 1.62 bits per heavy atom. The van der Waals surface area contributed by atoms with Crippen LogP contribution < -0.4 is 0 Å². The summed E-state index contributed by atoms with van der Waals surface area (Å²) in [6, 6.07) is 19.7. The molecule has 0 amide bonds. The van der Waals surface area contributed by atoms with Gasteiger partial charge < -0.3 is 4.74 Å². The second kappa shape index (κ2) is 6.06. The third-order valence-corrected chi connectivity index (χ3v) is 3.19. The summed E-state index contributed by atoms with van der Waals surface area (Å²) in [5.74, 6) is 1.48. The Hall–Kier alpha value is -2.87. The first-order chi connectivity index (χ1) is 10.4. The van der Waals surface area contributed by atoms with Crippen molar-refractivity contribution >= 4 is 17.8 Å². The molecule has 0 unspecified atom stereocenters. The first-order valence-corrected chi connectivity index (χ1v) is 6.74. The van der Waals surface area contributed by atoms with Gasteiger partial charge in [-0.25, -0.2) is 0 Å². The third kappa shape index (κ3) is 3.00. The molecule has 0 aromatic heterocycles. The SMILES string of the molecule is O=CC=C1C=C(c2ccccc2)OC(c2ccccc2)=C1. The Balaban J connectivity index is 2.01. The minimum absolute atomic E-state index is 0.741. The maximum atomic E-state index is 10.8. The fourth-order valence-electron chi connectivity index (χ4n) is 2.19. The lowest BCUT2D eigenvalue weighted by Gasteiger charge is -2.18. The van der Waals surface area contributed by atoms with Crippen molar-refractivity contribution in [1.82, 2.24) is 0 Å². The van der Waals surface area contributed by atoms with Gasteiger partial charge in [-0.15, -0.1) is 0 Å². The van der Waals surface area contributed by atoms with E-state index in [4.69, 9.17) is 4.74 Å². The average molecular weight is 274 g/mol. The number of hydrogen-bond donors (Lipinski definition) is 0. The van der Waals surface area contributed by atoms with Crippen LogP contribution in [0.2, 0.25) is 0 Å². The first kappa shape index (κ1) is 13.1. The summed E-state index contributed by atoms with van der Waals surface area (Å²) in [6.07, 6.45) is 6.07. The van der Waals surface area contributed by atoms with E-state index < -0.39 is 0 Å². The van der Waals surface area contributed by atoms with Gasteiger partial charge in [-0.3, -0.25) is 4.79 Å². The number of aldehydes is 1. The fraction of sp³-hybridized carbons (Fsp3) is 0. The molecule has 0 atom stereocenters. The van der Waals surface area contributed by atoms with Crippen LogP contribution in [0.15, 0.2) is 84.5 Å². The number of allylic oxidation sites excluding steroid dienone is 4. The summed E-state index contributed by atoms with van der Waals surface area (Å²) in [7, 11) is 0. The lowest BCUT2D eigenvalue weighted by atomic mass is 10.0. The van der Waals surface area contributed by atoms with E-state index in [-0.39, 0.29) is 0 Å². The minimum atomic E-state index is 0.741. The van der Waals surface area contributed by atoms with Gasteiger partial charge in [0.1, 0.15) is 17.8 Å². The topological polar surface area (TPSA) is 26.3 Å². The van der Waals surface area contributed by atoms with Crippen LogP contribution in [-0.4, -0.2) is 6.29 Å². The zero-order chi connectivity index (χ0) is 14.5. The Labute approximate surface area is 123 Å². The Morgan fingerprint density at radius 1 is 0.714 bits per heavy atom. The number of ether oxygens (including phenoxy) is 1. The van der Waals surface area contributed by atoms with Crippen LogP contribution in [0.5, 0.6) is 0 Å². The Kier molecular flexibility index (Phi) is 3.79. The van der Waals surface area contributed by atoms with Crippen molar-refractivity contribution in [3.8, 4) is 0 Å². The van der Waals surface area contributed by atoms with Gasteiger partial charge >= 0.3 is 0 Å². The molecule has 0 N–H and O–H groups in total. The van der Waals surface area contributed by atoms with Gasteiger partial charge in [0.2, 0.25) is 0 Å². The van der Waals surface area contributed by atoms with Crippen molar-refractivity contribution in [2.45, 2.75) is 0 Å². The highest BCUT2D eigenvalue weighted by Gasteiger charge is 2.14. The molecule has 2 aromatic carbocycles. The van der Waals surface area contributed by atoms with E-state index in [0.717, 1.165) is 34.5 Å². The lowest BCUT2D eigenvalue weighted by molar-refractivity contribution is -0.104. The molecule has 1 aliphatic heterocycles. The van der Waals surface area contributed by atoms with Crippen molar-refractivity contribution in [3.05, 3.63) is 95.6 Å². The lowest BCUT2D eigenvalue weighted by Crippen LogP contribution is -1.99. The summed E-state index contributed by atoms with van der Waals surface area (Å²) in [5.41, 5.74) is 2.79. The molecule has 3 rings (SSSR count). The van der Waals surface area contributed by atoms with Gasteiger partial charge in [0.25, 0.3) is 0 Å². The van der Waals surface area contributed by atoms with Crippen LogP contribution in [0.1, 0.15) is 11.1 Å². The molecule has 2 aromatic rings. The predicted molar refractivity (Wildman–Crippen MR) is 84.1 cm³/mol. The standard InChI is InChI=1S/C19H14O2/c20-12-11-15-13-18(16-7-3-1-4-8-16)21-19(14-15)17-9-5-2-6-10-17/h1-14H. The highest BCUT2D eigenvalue weighted by atomic mass is 16.5. The van der Waals surface area contributed by atoms with Crippen molar-refractivity contribution < 1.29 is 9.53 Å². The highest BCUT2D eigenvalue weighted by molar-refractivity contribution is 5.80. The minimum Gasteiger partial charge on any atom is -0.456 e. The van der Waals surface area contributed by atoms with Crippen molar-refractivity contribution in [2.75, 3.05) is 0 Å². The molecule has 1 heterocycles. The number of hydrogen-bond acceptors (Lipinski definition) is 2. The molecule has 0 saturated carbocycles. The van der Waals surface area contributed by atoms with Gasteiger partial charge in [-0.1, -0.05) is 60.7 Å². The molecule has 0 saturated heterocycles. The largest absolute Gasteiger partial charge is 0.456 e. The molecule has 2 nitrogen and oxygen atoms in total. The summed E-state index contributed by atoms with van der Waals surface area (Å²) in [4.78, 5) is 10.8. The van der Waals surface area contributed by atoms with Crippen LogP contribution in [-0.2, 0) is 9.53 Å². The molecular formula is C19H14O2. The smallest absolute Gasteiger partial charge is 0.143 e. The van der Waals surface area contributed by atoms with E-state index >= 15 is 0 Å². The molecule has 0 bridgehead atoms. The first-order valence-electron chi connectivity index (χ1n) is 6.74. The van der Waals surface area contributed by atoms with Crippen LogP contribution >= 0.6 is 0 Å². The molecular weight excluding hydrogens is 260 g/mol. The van der Waals surface area contributed by atoms with Gasteiger partial charge in [-0.2, -0.15) is 0 Å². The van der Waals surface area contributed by atoms with Gasteiger partial charge in [0.05, 0.1) is 0 Å². The van der Waals surface area contributed by atoms with Crippen molar-refractivity contribution in [1.29, 1.82) is 0 Å². The number of carbonyl (C=O) groups excluding carboxylic acids is 1. The molecule has 0 aliphatic carbocycles. The molecule has 0 fully saturated rings. The van der Waals surface area contributed by atoms with E-state index in [1.54, 1.807) is 0 Å². The quantitative estimate of drug-likeness (QED) is 0.618. The van der Waals surface area contributed by atoms with Crippen LogP contribution in [0.4, 0.5) is 0 Å². The zero-order valence-corrected chi connectivity index (χ0v) is 11.4. The van der Waals surface area contributed by atoms with E-state index in [1.807, 2.05) is 72.8 Å². The highest BCUT2D eigenvalue weighted by Crippen LogP contribution is 2.31. The third-order valence-electron chi connectivity index (χ3n) is 3.19. The second-order valence-corrected chi connectivity index (χ2v) is 4.65. The van der Waals surface area contributed by atoms with Crippen molar-refractivity contribution in [3.63, 3.8) is 0 Å². The monoisotopic (exact) mass is 274 g/mol. The number of carbonyl (C=O) groups is 1. The number of rotatable bonds is 3. The Morgan fingerprint density at radius 2 is 1.19 bits per heavy atom. The molecule has 0 spiro atoms. The van der Waals surface area contributed by atoms with E-state index in [1.165, 1.54) is 6.08 Å². The molecule has 1 aliphatic rings. The van der Waals surface area contributed by atoms with Crippen LogP contribution in [0, 0.1) is 0 Å². The summed E-state index contributed by atoms with van der Waals surface area (Å²) < 4.78 is 6.00. The zero-order valence-electron chi connectivity index (χ0n) is 11.4. The summed E-state index contributed by atoms with van der Waals surface area (Å²) >= 11 is 0. The maximum Gasteiger partial charge on any atom is 0.143 e. The van der Waals surface area contributed by atoms with Crippen molar-refractivity contribution in [2.24, 2.45) is 0 Å². The molecule has 2 heteroatoms.